The van der Waals surface area contributed by atoms with Crippen LogP contribution in [0.1, 0.15) is 46.0 Å². The largest absolute Gasteiger partial charge is 0.226 e. The molecule has 0 rings (SSSR count). The van der Waals surface area contributed by atoms with Crippen LogP contribution in [0.15, 0.2) is 9.98 Å². The van der Waals surface area contributed by atoms with E-state index in [0.717, 1.165) is 19.5 Å². The molecule has 0 unspecified atom stereocenters. The van der Waals surface area contributed by atoms with E-state index in [1.165, 1.54) is 25.7 Å². The van der Waals surface area contributed by atoms with Crippen LogP contribution in [0.5, 0.6) is 0 Å². The Morgan fingerprint density at radius 2 is 1.42 bits per heavy atom. The third-order valence-corrected chi connectivity index (χ3v) is 1.64. The Kier molecular flexibility index (Phi) is 9.84. The lowest BCUT2D eigenvalue weighted by molar-refractivity contribution is 0.729. The Morgan fingerprint density at radius 3 is 2.00 bits per heavy atom. The van der Waals surface area contributed by atoms with Crippen molar-refractivity contribution in [1.29, 1.82) is 0 Å². The molecule has 2 nitrogen and oxygen atoms in total. The lowest BCUT2D eigenvalue weighted by Gasteiger charge is -1.88. The van der Waals surface area contributed by atoms with Crippen LogP contribution in [-0.4, -0.2) is 19.1 Å². The van der Waals surface area contributed by atoms with Gasteiger partial charge in [0.2, 0.25) is 0 Å². The first kappa shape index (κ1) is 11.4. The van der Waals surface area contributed by atoms with Gasteiger partial charge in [0.1, 0.15) is 0 Å². The molecule has 0 fully saturated rings. The number of hydrogen-bond acceptors (Lipinski definition) is 2. The summed E-state index contributed by atoms with van der Waals surface area (Å²) in [6.07, 6.45) is 6.04. The van der Waals surface area contributed by atoms with Crippen molar-refractivity contribution in [2.24, 2.45) is 9.98 Å². The Balaban J connectivity index is 3.16. The van der Waals surface area contributed by atoms with Crippen molar-refractivity contribution in [3.8, 4) is 0 Å². The second-order valence-corrected chi connectivity index (χ2v) is 2.92. The number of nitrogens with zero attached hydrogens (tertiary/aromatic N) is 2. The molecule has 0 aromatic rings. The highest BCUT2D eigenvalue weighted by molar-refractivity contribution is 5.40. The average molecular weight is 168 g/mol. The van der Waals surface area contributed by atoms with Crippen molar-refractivity contribution in [2.45, 2.75) is 46.0 Å². The van der Waals surface area contributed by atoms with Crippen molar-refractivity contribution in [1.82, 2.24) is 0 Å². The zero-order chi connectivity index (χ0) is 9.07. The van der Waals surface area contributed by atoms with E-state index in [2.05, 4.69) is 29.8 Å². The first-order valence-electron chi connectivity index (χ1n) is 4.99. The number of hydrogen-bond donors (Lipinski definition) is 0. The molecular formula is C10H20N2. The first-order valence-corrected chi connectivity index (χ1v) is 4.99. The maximum atomic E-state index is 4.06. The second-order valence-electron chi connectivity index (χ2n) is 2.92. The maximum absolute atomic E-state index is 4.06. The Morgan fingerprint density at radius 1 is 0.833 bits per heavy atom. The van der Waals surface area contributed by atoms with Crippen LogP contribution < -0.4 is 0 Å². The van der Waals surface area contributed by atoms with E-state index in [9.17, 15) is 0 Å². The Hall–Kier alpha value is -0.620. The molecule has 0 aliphatic carbocycles. The highest BCUT2D eigenvalue weighted by Crippen LogP contribution is 1.92. The van der Waals surface area contributed by atoms with Crippen molar-refractivity contribution < 1.29 is 0 Å². The fraction of sp³-hybridized carbons (Fsp3) is 0.900. The van der Waals surface area contributed by atoms with Crippen LogP contribution in [0.4, 0.5) is 0 Å². The van der Waals surface area contributed by atoms with Crippen LogP contribution in [0, 0.1) is 0 Å². The monoisotopic (exact) mass is 168 g/mol. The summed E-state index contributed by atoms with van der Waals surface area (Å²) in [5.74, 6) is 0. The van der Waals surface area contributed by atoms with Crippen molar-refractivity contribution in [3.63, 3.8) is 0 Å². The summed E-state index contributed by atoms with van der Waals surface area (Å²) in [5.41, 5.74) is 0. The summed E-state index contributed by atoms with van der Waals surface area (Å²) in [4.78, 5) is 8.11. The summed E-state index contributed by atoms with van der Waals surface area (Å²) >= 11 is 0. The molecule has 2 heteroatoms. The van der Waals surface area contributed by atoms with Gasteiger partial charge in [0.25, 0.3) is 0 Å². The molecule has 0 N–H and O–H groups in total. The highest BCUT2D eigenvalue weighted by Gasteiger charge is 1.80. The van der Waals surface area contributed by atoms with Crippen LogP contribution in [0.25, 0.3) is 0 Å². The molecule has 0 heterocycles. The maximum Gasteiger partial charge on any atom is 0.0892 e. The average Bonchev–Trinajstić information content (AvgIpc) is 2.10. The zero-order valence-electron chi connectivity index (χ0n) is 8.34. The van der Waals surface area contributed by atoms with Gasteiger partial charge in [0.15, 0.2) is 0 Å². The van der Waals surface area contributed by atoms with Crippen LogP contribution >= 0.6 is 0 Å². The molecular weight excluding hydrogens is 148 g/mol. The van der Waals surface area contributed by atoms with Gasteiger partial charge in [0, 0.05) is 13.1 Å². The molecule has 0 radical (unpaired) electrons. The van der Waals surface area contributed by atoms with Gasteiger partial charge in [0.05, 0.1) is 6.01 Å². The highest BCUT2D eigenvalue weighted by atomic mass is 14.8. The molecule has 0 saturated carbocycles. The summed E-state index contributed by atoms with van der Waals surface area (Å²) in [7, 11) is 0. The van der Waals surface area contributed by atoms with Gasteiger partial charge in [-0.05, 0) is 12.8 Å². The predicted molar refractivity (Wildman–Crippen MR) is 54.0 cm³/mol. The summed E-state index contributed by atoms with van der Waals surface area (Å²) in [5, 5.41) is 0. The van der Waals surface area contributed by atoms with Gasteiger partial charge in [-0.2, -0.15) is 0 Å². The van der Waals surface area contributed by atoms with Crippen molar-refractivity contribution >= 4 is 6.01 Å². The lowest BCUT2D eigenvalue weighted by atomic mass is 10.3. The van der Waals surface area contributed by atoms with Crippen molar-refractivity contribution in [3.05, 3.63) is 0 Å². The first-order chi connectivity index (χ1) is 5.91. The molecule has 0 aliphatic heterocycles. The fourth-order valence-corrected chi connectivity index (χ4v) is 0.828. The predicted octanol–water partition coefficient (Wildman–Crippen LogP) is 3.15. The molecule has 12 heavy (non-hydrogen) atoms. The smallest absolute Gasteiger partial charge is 0.0892 e. The van der Waals surface area contributed by atoms with E-state index >= 15 is 0 Å². The van der Waals surface area contributed by atoms with Crippen LogP contribution in [-0.2, 0) is 0 Å². The lowest BCUT2D eigenvalue weighted by Crippen LogP contribution is -1.80. The van der Waals surface area contributed by atoms with Crippen LogP contribution in [0.3, 0.4) is 0 Å². The minimum atomic E-state index is 0.883. The number of aliphatic imine (C=N–C) groups is 2. The van der Waals surface area contributed by atoms with Gasteiger partial charge in [-0.25, -0.2) is 9.98 Å². The molecule has 0 atom stereocenters. The molecule has 0 saturated heterocycles. The summed E-state index contributed by atoms with van der Waals surface area (Å²) < 4.78 is 0. The van der Waals surface area contributed by atoms with Gasteiger partial charge in [-0.1, -0.05) is 33.1 Å². The standard InChI is InChI=1S/C10H20N2/c1-3-5-7-9-12-10-11-8-6-4-2/h3-9H2,1-2H3. The zero-order valence-corrected chi connectivity index (χ0v) is 8.34. The van der Waals surface area contributed by atoms with E-state index in [1.54, 1.807) is 0 Å². The van der Waals surface area contributed by atoms with E-state index in [4.69, 9.17) is 0 Å². The molecule has 0 spiro atoms. The van der Waals surface area contributed by atoms with E-state index in [1.807, 2.05) is 0 Å². The third kappa shape index (κ3) is 9.38. The fourth-order valence-electron chi connectivity index (χ4n) is 0.828. The second kappa shape index (κ2) is 10.4. The molecule has 0 aromatic heterocycles. The van der Waals surface area contributed by atoms with Gasteiger partial charge in [-0.15, -0.1) is 0 Å². The molecule has 0 amide bonds. The van der Waals surface area contributed by atoms with E-state index in [0.29, 0.717) is 0 Å². The van der Waals surface area contributed by atoms with Crippen LogP contribution in [0.2, 0.25) is 0 Å². The molecule has 70 valence electrons. The SMILES string of the molecule is CCCCCN=C=NCCCC. The third-order valence-electron chi connectivity index (χ3n) is 1.64. The molecule has 0 bridgehead atoms. The number of unbranched alkanes of at least 4 members (excludes halogenated alkanes) is 3. The summed E-state index contributed by atoms with van der Waals surface area (Å²) in [6, 6.07) is 2.73. The minimum absolute atomic E-state index is 0.883. The van der Waals surface area contributed by atoms with E-state index < -0.39 is 0 Å². The van der Waals surface area contributed by atoms with E-state index in [-0.39, 0.29) is 0 Å². The quantitative estimate of drug-likeness (QED) is 0.412. The molecule has 0 aromatic carbocycles. The minimum Gasteiger partial charge on any atom is -0.226 e. The topological polar surface area (TPSA) is 24.7 Å². The van der Waals surface area contributed by atoms with Crippen molar-refractivity contribution in [2.75, 3.05) is 13.1 Å². The Labute approximate surface area is 75.8 Å². The Bertz CT molecular complexity index is 135. The number of rotatable bonds is 7. The summed E-state index contributed by atoms with van der Waals surface area (Å²) in [6.45, 7) is 6.13. The van der Waals surface area contributed by atoms with Gasteiger partial charge < -0.3 is 0 Å². The van der Waals surface area contributed by atoms with Gasteiger partial charge in [-0.3, -0.25) is 0 Å². The molecule has 0 aliphatic rings. The normalized spacial score (nSPS) is 9.17. The van der Waals surface area contributed by atoms with Gasteiger partial charge >= 0.3 is 0 Å².